The zero-order chi connectivity index (χ0) is 18.2. The van der Waals surface area contributed by atoms with Crippen LogP contribution < -0.4 is 10.2 Å². The van der Waals surface area contributed by atoms with Crippen molar-refractivity contribution in [2.24, 2.45) is 0 Å². The van der Waals surface area contributed by atoms with E-state index in [1.165, 1.54) is 5.56 Å². The zero-order valence-electron chi connectivity index (χ0n) is 15.5. The predicted octanol–water partition coefficient (Wildman–Crippen LogP) is 3.88. The van der Waals surface area contributed by atoms with Crippen molar-refractivity contribution in [1.29, 1.82) is 0 Å². The number of hydrogen-bond acceptors (Lipinski definition) is 6. The number of anilines is 1. The molecule has 0 spiro atoms. The molecular weight excluding hydrogens is 336 g/mol. The van der Waals surface area contributed by atoms with E-state index in [1.807, 2.05) is 20.8 Å². The average Bonchev–Trinajstić information content (AvgIpc) is 2.87. The quantitative estimate of drug-likeness (QED) is 0.878. The van der Waals surface area contributed by atoms with Crippen LogP contribution in [0.4, 0.5) is 10.6 Å². The van der Waals surface area contributed by atoms with Crippen LogP contribution in [0.15, 0.2) is 11.7 Å². The van der Waals surface area contributed by atoms with Crippen molar-refractivity contribution in [2.75, 3.05) is 11.4 Å². The summed E-state index contributed by atoms with van der Waals surface area (Å²) in [7, 11) is 0. The van der Waals surface area contributed by atoms with Crippen LogP contribution >= 0.6 is 11.3 Å². The van der Waals surface area contributed by atoms with Gasteiger partial charge >= 0.3 is 6.09 Å². The minimum Gasteiger partial charge on any atom is -0.444 e. The summed E-state index contributed by atoms with van der Waals surface area (Å²) in [6, 6.07) is 0.415. The summed E-state index contributed by atoms with van der Waals surface area (Å²) in [5.74, 6) is 1.01. The van der Waals surface area contributed by atoms with Crippen LogP contribution in [-0.2, 0) is 4.74 Å². The number of piperidine rings is 1. The molecule has 3 rings (SSSR count). The lowest BCUT2D eigenvalue weighted by molar-refractivity contribution is 0.0494. The fourth-order valence-electron chi connectivity index (χ4n) is 3.25. The number of thiophene rings is 1. The SMILES string of the molecule is Cc1csc2c(N3CCC(NC(=O)OC(C)(C)C)CC3C)ncnc12. The van der Waals surface area contributed by atoms with Gasteiger partial charge in [-0.2, -0.15) is 0 Å². The number of ether oxygens (including phenoxy) is 1. The number of nitrogens with one attached hydrogen (secondary N) is 1. The lowest BCUT2D eigenvalue weighted by Crippen LogP contribution is -2.50. The van der Waals surface area contributed by atoms with Gasteiger partial charge in [-0.15, -0.1) is 11.3 Å². The van der Waals surface area contributed by atoms with Crippen molar-refractivity contribution in [3.05, 3.63) is 17.3 Å². The average molecular weight is 362 g/mol. The Morgan fingerprint density at radius 3 is 2.84 bits per heavy atom. The summed E-state index contributed by atoms with van der Waals surface area (Å²) in [5.41, 5.74) is 1.76. The van der Waals surface area contributed by atoms with Crippen molar-refractivity contribution in [3.8, 4) is 0 Å². The van der Waals surface area contributed by atoms with Crippen molar-refractivity contribution in [1.82, 2.24) is 15.3 Å². The Hall–Kier alpha value is -1.89. The molecule has 1 aliphatic rings. The zero-order valence-corrected chi connectivity index (χ0v) is 16.3. The van der Waals surface area contributed by atoms with Gasteiger partial charge in [0.05, 0.1) is 10.2 Å². The van der Waals surface area contributed by atoms with Gasteiger partial charge in [0.2, 0.25) is 0 Å². The fraction of sp³-hybridized carbons (Fsp3) is 0.611. The molecule has 0 aromatic carbocycles. The van der Waals surface area contributed by atoms with E-state index in [4.69, 9.17) is 4.74 Å². The second-order valence-corrected chi connectivity index (χ2v) is 8.58. The smallest absolute Gasteiger partial charge is 0.407 e. The summed E-state index contributed by atoms with van der Waals surface area (Å²) in [6.45, 7) is 10.7. The third-order valence-corrected chi connectivity index (χ3v) is 5.46. The van der Waals surface area contributed by atoms with Crippen molar-refractivity contribution < 1.29 is 9.53 Å². The molecule has 0 aliphatic carbocycles. The second kappa shape index (κ2) is 6.78. The van der Waals surface area contributed by atoms with E-state index in [9.17, 15) is 4.79 Å². The van der Waals surface area contributed by atoms with E-state index in [0.29, 0.717) is 0 Å². The molecule has 0 bridgehead atoms. The standard InChI is InChI=1S/C18H26N4O2S/c1-11-9-25-15-14(11)19-10-20-16(15)22-7-6-13(8-12(22)2)21-17(23)24-18(3,4)5/h9-10,12-13H,6-8H2,1-5H3,(H,21,23). The number of hydrogen-bond donors (Lipinski definition) is 1. The summed E-state index contributed by atoms with van der Waals surface area (Å²) in [5, 5.41) is 5.13. The van der Waals surface area contributed by atoms with E-state index >= 15 is 0 Å². The highest BCUT2D eigenvalue weighted by atomic mass is 32.1. The van der Waals surface area contributed by atoms with E-state index in [-0.39, 0.29) is 18.2 Å². The highest BCUT2D eigenvalue weighted by Crippen LogP contribution is 2.33. The first-order valence-electron chi connectivity index (χ1n) is 8.69. The minimum atomic E-state index is -0.472. The molecule has 2 aromatic heterocycles. The predicted molar refractivity (Wildman–Crippen MR) is 101 cm³/mol. The van der Waals surface area contributed by atoms with E-state index in [1.54, 1.807) is 17.7 Å². The van der Waals surface area contributed by atoms with E-state index in [2.05, 4.69) is 39.4 Å². The van der Waals surface area contributed by atoms with Gasteiger partial charge < -0.3 is 15.0 Å². The van der Waals surface area contributed by atoms with Gasteiger partial charge in [-0.25, -0.2) is 14.8 Å². The van der Waals surface area contributed by atoms with Crippen LogP contribution in [0.3, 0.4) is 0 Å². The normalized spacial score (nSPS) is 21.4. The number of rotatable bonds is 2. The molecule has 1 saturated heterocycles. The Morgan fingerprint density at radius 1 is 1.40 bits per heavy atom. The minimum absolute atomic E-state index is 0.128. The number of carbonyl (C=O) groups is 1. The lowest BCUT2D eigenvalue weighted by Gasteiger charge is -2.38. The number of aromatic nitrogens is 2. The summed E-state index contributed by atoms with van der Waals surface area (Å²) in [6.07, 6.45) is 3.06. The maximum atomic E-state index is 12.0. The number of carbonyl (C=O) groups excluding carboxylic acids is 1. The number of amides is 1. The third-order valence-electron chi connectivity index (χ3n) is 4.38. The Labute approximate surface area is 152 Å². The topological polar surface area (TPSA) is 67.4 Å². The molecular formula is C18H26N4O2S. The molecule has 2 atom stereocenters. The molecule has 1 fully saturated rings. The number of fused-ring (bicyclic) bond motifs is 1. The molecule has 1 N–H and O–H groups in total. The van der Waals surface area contributed by atoms with Crippen LogP contribution in [0.2, 0.25) is 0 Å². The number of aryl methyl sites for hydroxylation is 1. The Morgan fingerprint density at radius 2 is 2.16 bits per heavy atom. The Balaban J connectivity index is 1.68. The molecule has 1 aliphatic heterocycles. The second-order valence-electron chi connectivity index (χ2n) is 7.70. The number of nitrogens with zero attached hydrogens (tertiary/aromatic N) is 3. The van der Waals surface area contributed by atoms with Gasteiger partial charge in [-0.3, -0.25) is 0 Å². The molecule has 2 aromatic rings. The summed E-state index contributed by atoms with van der Waals surface area (Å²) >= 11 is 1.70. The van der Waals surface area contributed by atoms with Gasteiger partial charge in [0, 0.05) is 18.6 Å². The maximum absolute atomic E-state index is 12.0. The van der Waals surface area contributed by atoms with Crippen molar-refractivity contribution in [3.63, 3.8) is 0 Å². The first-order valence-corrected chi connectivity index (χ1v) is 9.57. The summed E-state index contributed by atoms with van der Waals surface area (Å²) in [4.78, 5) is 23.3. The van der Waals surface area contributed by atoms with Gasteiger partial charge in [0.15, 0.2) is 0 Å². The summed E-state index contributed by atoms with van der Waals surface area (Å²) < 4.78 is 6.51. The van der Waals surface area contributed by atoms with Crippen molar-refractivity contribution >= 4 is 33.5 Å². The van der Waals surface area contributed by atoms with Crippen LogP contribution in [0.25, 0.3) is 10.2 Å². The maximum Gasteiger partial charge on any atom is 0.407 e. The highest BCUT2D eigenvalue weighted by Gasteiger charge is 2.30. The molecule has 0 radical (unpaired) electrons. The molecule has 7 heteroatoms. The van der Waals surface area contributed by atoms with E-state index < -0.39 is 5.60 Å². The molecule has 0 saturated carbocycles. The third kappa shape index (κ3) is 4.03. The number of alkyl carbamates (subject to hydrolysis) is 1. The molecule has 25 heavy (non-hydrogen) atoms. The van der Waals surface area contributed by atoms with Gasteiger partial charge in [-0.05, 0) is 58.4 Å². The van der Waals surface area contributed by atoms with Crippen LogP contribution in [0, 0.1) is 6.92 Å². The Kier molecular flexibility index (Phi) is 4.86. The molecule has 2 unspecified atom stereocenters. The highest BCUT2D eigenvalue weighted by molar-refractivity contribution is 7.18. The van der Waals surface area contributed by atoms with Gasteiger partial charge in [0.1, 0.15) is 17.7 Å². The van der Waals surface area contributed by atoms with Crippen LogP contribution in [0.5, 0.6) is 0 Å². The van der Waals surface area contributed by atoms with Crippen molar-refractivity contribution in [2.45, 2.75) is 65.1 Å². The first-order chi connectivity index (χ1) is 11.7. The molecule has 3 heterocycles. The van der Waals surface area contributed by atoms with Gasteiger partial charge in [0.25, 0.3) is 0 Å². The molecule has 136 valence electrons. The molecule has 1 amide bonds. The fourth-order valence-corrected chi connectivity index (χ4v) is 4.26. The monoisotopic (exact) mass is 362 g/mol. The van der Waals surface area contributed by atoms with Gasteiger partial charge in [-0.1, -0.05) is 0 Å². The molecule has 6 nitrogen and oxygen atoms in total. The Bertz CT molecular complexity index is 768. The lowest BCUT2D eigenvalue weighted by atomic mass is 9.98. The van der Waals surface area contributed by atoms with E-state index in [0.717, 1.165) is 35.4 Å². The largest absolute Gasteiger partial charge is 0.444 e. The van der Waals surface area contributed by atoms with Crippen LogP contribution in [-0.4, -0.2) is 40.3 Å². The van der Waals surface area contributed by atoms with Crippen LogP contribution in [0.1, 0.15) is 46.1 Å². The first kappa shape index (κ1) is 17.9.